The van der Waals surface area contributed by atoms with Crippen LogP contribution in [0.15, 0.2) is 12.1 Å². The van der Waals surface area contributed by atoms with E-state index in [0.29, 0.717) is 16.9 Å². The van der Waals surface area contributed by atoms with Gasteiger partial charge in [-0.15, -0.1) is 0 Å². The normalized spacial score (nSPS) is 30.6. The molecule has 1 heterocycles. The van der Waals surface area contributed by atoms with Gasteiger partial charge in [0.15, 0.2) is 0 Å². The van der Waals surface area contributed by atoms with Crippen molar-refractivity contribution in [3.05, 3.63) is 29.1 Å². The lowest BCUT2D eigenvalue weighted by atomic mass is 9.99. The molecule has 5 nitrogen and oxygen atoms in total. The maximum absolute atomic E-state index is 13.6. The number of hydrogen-bond acceptors (Lipinski definition) is 5. The molecule has 0 amide bonds. The predicted molar refractivity (Wildman–Crippen MR) is 64.4 cm³/mol. The fourth-order valence-electron chi connectivity index (χ4n) is 2.23. The fraction of sp³-hybridized carbons (Fsp3) is 0.538. The van der Waals surface area contributed by atoms with Crippen LogP contribution in [0, 0.1) is 12.7 Å². The van der Waals surface area contributed by atoms with E-state index in [9.17, 15) is 14.6 Å². The highest BCUT2D eigenvalue weighted by atomic mass is 19.1. The first kappa shape index (κ1) is 14.2. The minimum absolute atomic E-state index is 0.313. The van der Waals surface area contributed by atoms with E-state index in [1.54, 1.807) is 6.92 Å². The molecule has 1 aromatic rings. The van der Waals surface area contributed by atoms with Gasteiger partial charge in [0.1, 0.15) is 36.0 Å². The third-order valence-corrected chi connectivity index (χ3v) is 3.36. The molecule has 0 radical (unpaired) electrons. The summed E-state index contributed by atoms with van der Waals surface area (Å²) in [6.45, 7) is 1.17. The van der Waals surface area contributed by atoms with Crippen LogP contribution < -0.4 is 4.74 Å². The molecular weight excluding hydrogens is 255 g/mol. The zero-order valence-electron chi connectivity index (χ0n) is 10.7. The van der Waals surface area contributed by atoms with Crippen molar-refractivity contribution in [1.29, 1.82) is 0 Å². The molecule has 6 heteroatoms. The number of benzene rings is 1. The summed E-state index contributed by atoms with van der Waals surface area (Å²) in [6.07, 6.45) is -4.29. The van der Waals surface area contributed by atoms with Gasteiger partial charge in [0, 0.05) is 5.56 Å². The van der Waals surface area contributed by atoms with Crippen molar-refractivity contribution in [3.63, 3.8) is 0 Å². The second kappa shape index (κ2) is 5.42. The topological polar surface area (TPSA) is 79.2 Å². The zero-order chi connectivity index (χ0) is 14.2. The van der Waals surface area contributed by atoms with E-state index in [0.717, 1.165) is 0 Å². The van der Waals surface area contributed by atoms with Crippen LogP contribution in [-0.2, 0) is 4.74 Å². The number of ether oxygens (including phenoxy) is 2. The monoisotopic (exact) mass is 272 g/mol. The summed E-state index contributed by atoms with van der Waals surface area (Å²) in [5.74, 6) is -0.0812. The summed E-state index contributed by atoms with van der Waals surface area (Å²) in [7, 11) is 1.43. The summed E-state index contributed by atoms with van der Waals surface area (Å²) in [5, 5.41) is 28.7. The highest BCUT2D eigenvalue weighted by Gasteiger charge is 2.44. The molecule has 1 fully saturated rings. The Bertz CT molecular complexity index is 465. The molecule has 106 valence electrons. The first-order valence-electron chi connectivity index (χ1n) is 5.96. The van der Waals surface area contributed by atoms with Crippen molar-refractivity contribution in [1.82, 2.24) is 0 Å². The molecular formula is C13H17FO5. The van der Waals surface area contributed by atoms with Crippen LogP contribution in [0.5, 0.6) is 5.75 Å². The molecule has 1 unspecified atom stereocenters. The number of hydrogen-bond donors (Lipinski definition) is 3. The van der Waals surface area contributed by atoms with Gasteiger partial charge in [0.2, 0.25) is 0 Å². The third-order valence-electron chi connectivity index (χ3n) is 3.36. The molecule has 0 aromatic heterocycles. The molecule has 0 spiro atoms. The molecule has 0 bridgehead atoms. The van der Waals surface area contributed by atoms with Crippen molar-refractivity contribution in [2.45, 2.75) is 31.3 Å². The van der Waals surface area contributed by atoms with E-state index in [1.165, 1.54) is 19.2 Å². The average molecular weight is 272 g/mol. The molecule has 1 saturated heterocycles. The number of halogens is 1. The van der Waals surface area contributed by atoms with Crippen LogP contribution in [-0.4, -0.2) is 47.3 Å². The Morgan fingerprint density at radius 3 is 2.53 bits per heavy atom. The molecule has 0 saturated carbocycles. The molecule has 1 aliphatic heterocycles. The Kier molecular flexibility index (Phi) is 4.05. The van der Waals surface area contributed by atoms with E-state index >= 15 is 0 Å². The van der Waals surface area contributed by atoms with E-state index in [4.69, 9.17) is 14.6 Å². The predicted octanol–water partition coefficient (Wildman–Crippen LogP) is 0.297. The molecule has 1 aromatic carbocycles. The van der Waals surface area contributed by atoms with E-state index in [1.807, 2.05) is 0 Å². The van der Waals surface area contributed by atoms with Gasteiger partial charge in [-0.1, -0.05) is 0 Å². The number of aliphatic hydroxyl groups excluding tert-OH is 3. The van der Waals surface area contributed by atoms with Crippen molar-refractivity contribution in [2.24, 2.45) is 0 Å². The standard InChI is InChI=1S/C13H17FO5/c1-6-3-9(18-2)7(4-8(6)14)13-12(17)11(16)10(5-15)19-13/h3-4,10-13,15-17H,5H2,1-2H3/t10-,11+,12?,13+/m1/s1. The smallest absolute Gasteiger partial charge is 0.126 e. The second-order valence-electron chi connectivity index (χ2n) is 4.60. The van der Waals surface area contributed by atoms with Gasteiger partial charge < -0.3 is 24.8 Å². The average Bonchev–Trinajstić information content (AvgIpc) is 2.69. The van der Waals surface area contributed by atoms with Crippen molar-refractivity contribution in [2.75, 3.05) is 13.7 Å². The Hall–Kier alpha value is -1.21. The number of aliphatic hydroxyl groups is 3. The number of methoxy groups -OCH3 is 1. The maximum Gasteiger partial charge on any atom is 0.126 e. The van der Waals surface area contributed by atoms with Crippen LogP contribution in [0.1, 0.15) is 17.2 Å². The van der Waals surface area contributed by atoms with Crippen LogP contribution in [0.25, 0.3) is 0 Å². The quantitative estimate of drug-likeness (QED) is 0.737. The van der Waals surface area contributed by atoms with Crippen molar-refractivity contribution in [3.8, 4) is 5.75 Å². The SMILES string of the molecule is COc1cc(C)c(F)cc1[C@@H]1O[C@H](CO)[C@H](O)C1O. The maximum atomic E-state index is 13.6. The lowest BCUT2D eigenvalue weighted by Gasteiger charge is -2.18. The minimum atomic E-state index is -1.24. The van der Waals surface area contributed by atoms with Gasteiger partial charge in [0.25, 0.3) is 0 Å². The summed E-state index contributed by atoms with van der Waals surface area (Å²) < 4.78 is 24.2. The molecule has 19 heavy (non-hydrogen) atoms. The summed E-state index contributed by atoms with van der Waals surface area (Å²) in [5.41, 5.74) is 0.723. The highest BCUT2D eigenvalue weighted by molar-refractivity contribution is 5.40. The second-order valence-corrected chi connectivity index (χ2v) is 4.60. The Balaban J connectivity index is 2.39. The van der Waals surface area contributed by atoms with Gasteiger partial charge in [0.05, 0.1) is 13.7 Å². The van der Waals surface area contributed by atoms with Gasteiger partial charge in [-0.2, -0.15) is 0 Å². The van der Waals surface area contributed by atoms with Crippen LogP contribution >= 0.6 is 0 Å². The van der Waals surface area contributed by atoms with Crippen molar-refractivity contribution >= 4 is 0 Å². The molecule has 2 rings (SSSR count). The summed E-state index contributed by atoms with van der Waals surface area (Å²) in [6, 6.07) is 2.72. The largest absolute Gasteiger partial charge is 0.496 e. The number of rotatable bonds is 3. The zero-order valence-corrected chi connectivity index (χ0v) is 10.7. The van der Waals surface area contributed by atoms with Crippen molar-refractivity contribution < 1.29 is 29.2 Å². The van der Waals surface area contributed by atoms with Crippen LogP contribution in [0.4, 0.5) is 4.39 Å². The summed E-state index contributed by atoms with van der Waals surface area (Å²) in [4.78, 5) is 0. The van der Waals surface area contributed by atoms with Gasteiger partial charge in [-0.3, -0.25) is 0 Å². The number of aryl methyl sites for hydroxylation is 1. The Morgan fingerprint density at radius 2 is 2.00 bits per heavy atom. The van der Waals surface area contributed by atoms with Gasteiger partial charge >= 0.3 is 0 Å². The first-order valence-corrected chi connectivity index (χ1v) is 5.96. The lowest BCUT2D eigenvalue weighted by Crippen LogP contribution is -2.32. The lowest BCUT2D eigenvalue weighted by molar-refractivity contribution is -0.0233. The Labute approximate surface area is 110 Å². The van der Waals surface area contributed by atoms with E-state index in [-0.39, 0.29) is 0 Å². The van der Waals surface area contributed by atoms with E-state index in [2.05, 4.69) is 0 Å². The third kappa shape index (κ3) is 2.44. The molecule has 4 atom stereocenters. The molecule has 0 aliphatic carbocycles. The minimum Gasteiger partial charge on any atom is -0.496 e. The molecule has 1 aliphatic rings. The van der Waals surface area contributed by atoms with Crippen LogP contribution in [0.3, 0.4) is 0 Å². The highest BCUT2D eigenvalue weighted by Crippen LogP contribution is 2.38. The van der Waals surface area contributed by atoms with Crippen LogP contribution in [0.2, 0.25) is 0 Å². The fourth-order valence-corrected chi connectivity index (χ4v) is 2.23. The van der Waals surface area contributed by atoms with E-state index < -0.39 is 36.8 Å². The molecule has 3 N–H and O–H groups in total. The van der Waals surface area contributed by atoms with Gasteiger partial charge in [-0.05, 0) is 24.6 Å². The Morgan fingerprint density at radius 1 is 1.32 bits per heavy atom. The first-order chi connectivity index (χ1) is 8.99. The summed E-state index contributed by atoms with van der Waals surface area (Å²) >= 11 is 0. The van der Waals surface area contributed by atoms with Gasteiger partial charge in [-0.25, -0.2) is 4.39 Å².